The van der Waals surface area contributed by atoms with E-state index >= 15 is 0 Å². The van der Waals surface area contributed by atoms with E-state index in [9.17, 15) is 0 Å². The highest BCUT2D eigenvalue weighted by Crippen LogP contribution is 2.21. The maximum atomic E-state index is 8.68. The van der Waals surface area contributed by atoms with Crippen molar-refractivity contribution in [3.8, 4) is 5.97 Å². The molecule has 0 amide bonds. The van der Waals surface area contributed by atoms with Gasteiger partial charge in [0.05, 0.1) is 19.3 Å². The third-order valence-corrected chi connectivity index (χ3v) is 2.50. The first-order valence-electron chi connectivity index (χ1n) is 4.87. The molecule has 1 saturated heterocycles. The Bertz CT molecular complexity index is 173. The number of ether oxygens (including phenoxy) is 2. The van der Waals surface area contributed by atoms with Gasteiger partial charge in [-0.3, -0.25) is 0 Å². The van der Waals surface area contributed by atoms with Crippen LogP contribution in [0.1, 0.15) is 12.8 Å². The summed E-state index contributed by atoms with van der Waals surface area (Å²) in [5.74, 6) is 2.31. The SMILES string of the molecule is COCCOC1CCB(C#N)CC1. The average molecular weight is 181 g/mol. The van der Waals surface area contributed by atoms with Crippen molar-refractivity contribution in [1.82, 2.24) is 0 Å². The predicted octanol–water partition coefficient (Wildman–Crippen LogP) is 1.37. The lowest BCUT2D eigenvalue weighted by Gasteiger charge is -2.23. The van der Waals surface area contributed by atoms with Crippen LogP contribution in [0, 0.1) is 11.2 Å². The minimum absolute atomic E-state index is 0.266. The molecule has 0 aliphatic carbocycles. The summed E-state index contributed by atoms with van der Waals surface area (Å²) in [5, 5.41) is 8.68. The molecule has 3 nitrogen and oxygen atoms in total. The van der Waals surface area contributed by atoms with Crippen LogP contribution in [0.3, 0.4) is 0 Å². The number of rotatable bonds is 4. The van der Waals surface area contributed by atoms with Crippen molar-refractivity contribution in [1.29, 1.82) is 5.26 Å². The maximum absolute atomic E-state index is 8.68. The summed E-state index contributed by atoms with van der Waals surface area (Å²) in [6, 6.07) is 0. The summed E-state index contributed by atoms with van der Waals surface area (Å²) in [7, 11) is 1.68. The Morgan fingerprint density at radius 2 is 2.08 bits per heavy atom. The van der Waals surface area contributed by atoms with Gasteiger partial charge in [-0.25, -0.2) is 5.26 Å². The Kier molecular flexibility index (Phi) is 4.88. The Hall–Kier alpha value is -0.525. The average Bonchev–Trinajstić information content (AvgIpc) is 2.19. The van der Waals surface area contributed by atoms with E-state index in [4.69, 9.17) is 14.7 Å². The zero-order valence-corrected chi connectivity index (χ0v) is 8.16. The summed E-state index contributed by atoms with van der Waals surface area (Å²) in [6.45, 7) is 1.61. The Morgan fingerprint density at radius 1 is 1.38 bits per heavy atom. The second kappa shape index (κ2) is 6.01. The van der Waals surface area contributed by atoms with Crippen molar-refractivity contribution in [2.24, 2.45) is 0 Å². The van der Waals surface area contributed by atoms with Crippen LogP contribution in [0.15, 0.2) is 0 Å². The molecular weight excluding hydrogens is 165 g/mol. The largest absolute Gasteiger partial charge is 0.382 e. The van der Waals surface area contributed by atoms with E-state index in [0.29, 0.717) is 19.3 Å². The Morgan fingerprint density at radius 3 is 2.62 bits per heavy atom. The van der Waals surface area contributed by atoms with E-state index in [1.165, 1.54) is 0 Å². The number of hydrogen-bond acceptors (Lipinski definition) is 3. The molecule has 0 aromatic heterocycles. The number of nitriles is 1. The van der Waals surface area contributed by atoms with Crippen LogP contribution < -0.4 is 0 Å². The van der Waals surface area contributed by atoms with Crippen LogP contribution in [0.25, 0.3) is 0 Å². The number of nitrogens with zero attached hydrogens (tertiary/aromatic N) is 1. The normalized spacial score (nSPS) is 18.6. The Labute approximate surface area is 80.1 Å². The van der Waals surface area contributed by atoms with Gasteiger partial charge in [-0.05, 0) is 12.8 Å². The third kappa shape index (κ3) is 3.80. The highest BCUT2D eigenvalue weighted by atomic mass is 16.5. The van der Waals surface area contributed by atoms with Crippen LogP contribution in [0.2, 0.25) is 12.6 Å². The minimum atomic E-state index is 0.266. The number of methoxy groups -OCH3 is 1. The summed E-state index contributed by atoms with van der Waals surface area (Å²) in [4.78, 5) is 0. The van der Waals surface area contributed by atoms with Gasteiger partial charge in [-0.2, -0.15) is 0 Å². The summed E-state index contributed by atoms with van der Waals surface area (Å²) < 4.78 is 10.5. The van der Waals surface area contributed by atoms with Crippen LogP contribution in [0.5, 0.6) is 0 Å². The lowest BCUT2D eigenvalue weighted by Crippen LogP contribution is -2.26. The summed E-state index contributed by atoms with van der Waals surface area (Å²) in [6.07, 6.45) is 4.41. The van der Waals surface area contributed by atoms with E-state index in [-0.39, 0.29) is 6.71 Å². The molecule has 1 aliphatic heterocycles. The molecule has 0 radical (unpaired) electrons. The van der Waals surface area contributed by atoms with Gasteiger partial charge in [0, 0.05) is 13.1 Å². The zero-order valence-electron chi connectivity index (χ0n) is 8.16. The first-order chi connectivity index (χ1) is 6.36. The van der Waals surface area contributed by atoms with Crippen LogP contribution in [0.4, 0.5) is 0 Å². The second-order valence-corrected chi connectivity index (χ2v) is 3.47. The molecule has 1 aliphatic rings. The van der Waals surface area contributed by atoms with Crippen molar-refractivity contribution in [3.63, 3.8) is 0 Å². The summed E-state index contributed by atoms with van der Waals surface area (Å²) in [5.41, 5.74) is 0. The van der Waals surface area contributed by atoms with Gasteiger partial charge in [0.15, 0.2) is 0 Å². The van der Waals surface area contributed by atoms with Crippen LogP contribution in [-0.4, -0.2) is 33.1 Å². The monoisotopic (exact) mass is 181 g/mol. The first-order valence-corrected chi connectivity index (χ1v) is 4.87. The van der Waals surface area contributed by atoms with Gasteiger partial charge in [-0.15, -0.1) is 0 Å². The second-order valence-electron chi connectivity index (χ2n) is 3.47. The maximum Gasteiger partial charge on any atom is 0.268 e. The summed E-state index contributed by atoms with van der Waals surface area (Å²) >= 11 is 0. The van der Waals surface area contributed by atoms with Crippen LogP contribution >= 0.6 is 0 Å². The molecule has 72 valence electrons. The van der Waals surface area contributed by atoms with Gasteiger partial charge in [0.1, 0.15) is 0 Å². The van der Waals surface area contributed by atoms with Crippen molar-refractivity contribution < 1.29 is 9.47 Å². The molecule has 0 spiro atoms. The fraction of sp³-hybridized carbons (Fsp3) is 0.889. The van der Waals surface area contributed by atoms with Gasteiger partial charge in [-0.1, -0.05) is 12.6 Å². The quantitative estimate of drug-likeness (QED) is 0.485. The molecule has 0 bridgehead atoms. The van der Waals surface area contributed by atoms with Gasteiger partial charge < -0.3 is 9.47 Å². The molecule has 0 aromatic rings. The lowest BCUT2D eigenvalue weighted by atomic mass is 9.42. The molecule has 1 heterocycles. The van der Waals surface area contributed by atoms with E-state index in [0.717, 1.165) is 25.5 Å². The number of hydrogen-bond donors (Lipinski definition) is 0. The fourth-order valence-corrected chi connectivity index (χ4v) is 1.66. The van der Waals surface area contributed by atoms with Crippen molar-refractivity contribution in [3.05, 3.63) is 0 Å². The van der Waals surface area contributed by atoms with E-state index in [1.54, 1.807) is 7.11 Å². The molecule has 0 unspecified atom stereocenters. The Balaban J connectivity index is 2.08. The molecular formula is C9H16BNO2. The molecule has 4 heteroatoms. The smallest absolute Gasteiger partial charge is 0.268 e. The van der Waals surface area contributed by atoms with E-state index < -0.39 is 0 Å². The fourth-order valence-electron chi connectivity index (χ4n) is 1.66. The topological polar surface area (TPSA) is 42.2 Å². The third-order valence-electron chi connectivity index (χ3n) is 2.50. The van der Waals surface area contributed by atoms with Crippen molar-refractivity contribution >= 4 is 6.71 Å². The van der Waals surface area contributed by atoms with Crippen molar-refractivity contribution in [2.75, 3.05) is 20.3 Å². The van der Waals surface area contributed by atoms with Crippen LogP contribution in [-0.2, 0) is 9.47 Å². The van der Waals surface area contributed by atoms with Gasteiger partial charge in [0.2, 0.25) is 0 Å². The first kappa shape index (κ1) is 10.6. The van der Waals surface area contributed by atoms with E-state index in [1.807, 2.05) is 0 Å². The standard InChI is InChI=1S/C9H16BNO2/c1-12-6-7-13-9-2-4-10(8-11)5-3-9/h9H,2-7H2,1H3. The lowest BCUT2D eigenvalue weighted by molar-refractivity contribution is 0.0119. The van der Waals surface area contributed by atoms with E-state index in [2.05, 4.69) is 5.97 Å². The van der Waals surface area contributed by atoms with Gasteiger partial charge >= 0.3 is 0 Å². The minimum Gasteiger partial charge on any atom is -0.382 e. The highest BCUT2D eigenvalue weighted by Gasteiger charge is 2.24. The van der Waals surface area contributed by atoms with Gasteiger partial charge in [0.25, 0.3) is 6.71 Å². The molecule has 13 heavy (non-hydrogen) atoms. The zero-order chi connectivity index (χ0) is 9.52. The molecule has 0 aromatic carbocycles. The molecule has 0 N–H and O–H groups in total. The predicted molar refractivity (Wildman–Crippen MR) is 51.8 cm³/mol. The van der Waals surface area contributed by atoms with Crippen molar-refractivity contribution in [2.45, 2.75) is 31.6 Å². The highest BCUT2D eigenvalue weighted by molar-refractivity contribution is 6.67. The molecule has 0 saturated carbocycles. The molecule has 0 atom stereocenters. The molecule has 1 fully saturated rings. The molecule has 1 rings (SSSR count).